The summed E-state index contributed by atoms with van der Waals surface area (Å²) in [5.74, 6) is -0.974. The van der Waals surface area contributed by atoms with Gasteiger partial charge in [-0.05, 0) is 36.4 Å². The van der Waals surface area contributed by atoms with E-state index in [0.717, 1.165) is 12.1 Å². The van der Waals surface area contributed by atoms with Crippen molar-refractivity contribution >= 4 is 28.3 Å². The van der Waals surface area contributed by atoms with Gasteiger partial charge in [-0.25, -0.2) is 0 Å². The fourth-order valence-electron chi connectivity index (χ4n) is 2.70. The highest BCUT2D eigenvalue weighted by molar-refractivity contribution is 6.30. The van der Waals surface area contributed by atoms with E-state index in [1.54, 1.807) is 0 Å². The number of aliphatic hydroxyl groups is 1. The molecule has 0 aliphatic heterocycles. The molecule has 2 aromatic carbocycles. The molecule has 0 saturated carbocycles. The molecule has 1 aromatic heterocycles. The fourth-order valence-corrected chi connectivity index (χ4v) is 2.86. The summed E-state index contributed by atoms with van der Waals surface area (Å²) < 4.78 is 46.3. The molecule has 9 heteroatoms. The minimum Gasteiger partial charge on any atom is -0.496 e. The first-order valence-electron chi connectivity index (χ1n) is 7.62. The third kappa shape index (κ3) is 4.01. The molecule has 27 heavy (non-hydrogen) atoms. The quantitative estimate of drug-likeness (QED) is 0.613. The number of halogens is 4. The first-order chi connectivity index (χ1) is 12.7. The van der Waals surface area contributed by atoms with Gasteiger partial charge in [-0.2, -0.15) is 0 Å². The molecular weight excluding hydrogens is 387 g/mol. The average molecular weight is 400 g/mol. The minimum atomic E-state index is -4.85. The van der Waals surface area contributed by atoms with E-state index >= 15 is 0 Å². The second-order valence-corrected chi connectivity index (χ2v) is 6.05. The lowest BCUT2D eigenvalue weighted by molar-refractivity contribution is -0.274. The predicted octanol–water partition coefficient (Wildman–Crippen LogP) is 4.64. The topological polar surface area (TPSA) is 71.5 Å². The van der Waals surface area contributed by atoms with Gasteiger partial charge in [0.1, 0.15) is 17.6 Å². The number of hydrogen-bond donors (Lipinski definition) is 2. The molecule has 2 N–H and O–H groups in total. The van der Waals surface area contributed by atoms with Crippen LogP contribution in [0.25, 0.3) is 10.9 Å². The highest BCUT2D eigenvalue weighted by Crippen LogP contribution is 2.33. The molecule has 1 unspecified atom stereocenters. The molecule has 3 rings (SSSR count). The maximum absolute atomic E-state index is 12.7. The molecule has 0 fully saturated rings. The van der Waals surface area contributed by atoms with Gasteiger partial charge in [0.05, 0.1) is 12.7 Å². The largest absolute Gasteiger partial charge is 0.573 e. The molecule has 1 heterocycles. The predicted molar refractivity (Wildman–Crippen MR) is 92.3 cm³/mol. The number of ketones is 1. The molecule has 0 amide bonds. The van der Waals surface area contributed by atoms with Crippen molar-refractivity contribution in [2.75, 3.05) is 7.11 Å². The molecule has 0 spiro atoms. The van der Waals surface area contributed by atoms with Crippen LogP contribution in [0.4, 0.5) is 13.2 Å². The highest BCUT2D eigenvalue weighted by atomic mass is 35.5. The van der Waals surface area contributed by atoms with E-state index in [2.05, 4.69) is 9.72 Å². The Balaban J connectivity index is 1.99. The van der Waals surface area contributed by atoms with Crippen LogP contribution in [-0.4, -0.2) is 29.3 Å². The van der Waals surface area contributed by atoms with Crippen molar-refractivity contribution in [3.05, 3.63) is 58.7 Å². The summed E-state index contributed by atoms with van der Waals surface area (Å²) in [5.41, 5.74) is 0.639. The average Bonchev–Trinajstić information content (AvgIpc) is 3.02. The SMILES string of the molecule is COc1cc(Cl)ccc1C(=O)C(O)c1c[nH]c2ccc(OC(F)(F)F)cc12. The number of methoxy groups -OCH3 is 1. The van der Waals surface area contributed by atoms with Gasteiger partial charge >= 0.3 is 6.36 Å². The molecule has 1 atom stereocenters. The number of rotatable bonds is 5. The van der Waals surface area contributed by atoms with Gasteiger partial charge in [-0.1, -0.05) is 11.6 Å². The number of aliphatic hydroxyl groups excluding tert-OH is 1. The lowest BCUT2D eigenvalue weighted by Crippen LogP contribution is -2.17. The van der Waals surface area contributed by atoms with Crippen molar-refractivity contribution in [3.63, 3.8) is 0 Å². The van der Waals surface area contributed by atoms with E-state index in [-0.39, 0.29) is 22.3 Å². The van der Waals surface area contributed by atoms with Crippen LogP contribution in [0.15, 0.2) is 42.6 Å². The zero-order valence-electron chi connectivity index (χ0n) is 13.8. The Labute approximate surface area is 156 Å². The number of Topliss-reactive ketones (excluding diaryl/α,β-unsaturated/α-hetero) is 1. The Kier molecular flexibility index (Phi) is 5.03. The van der Waals surface area contributed by atoms with Crippen LogP contribution in [0, 0.1) is 0 Å². The van der Waals surface area contributed by atoms with Crippen molar-refractivity contribution in [1.29, 1.82) is 0 Å². The van der Waals surface area contributed by atoms with Crippen molar-refractivity contribution in [2.45, 2.75) is 12.5 Å². The summed E-state index contributed by atoms with van der Waals surface area (Å²) in [5, 5.41) is 11.1. The second kappa shape index (κ2) is 7.13. The molecule has 0 radical (unpaired) electrons. The second-order valence-electron chi connectivity index (χ2n) is 5.61. The van der Waals surface area contributed by atoms with Crippen LogP contribution >= 0.6 is 11.6 Å². The lowest BCUT2D eigenvalue weighted by Gasteiger charge is -2.13. The van der Waals surface area contributed by atoms with Crippen LogP contribution in [0.1, 0.15) is 22.0 Å². The van der Waals surface area contributed by atoms with Crippen LogP contribution < -0.4 is 9.47 Å². The Bertz CT molecular complexity index is 1000. The molecule has 3 aromatic rings. The highest BCUT2D eigenvalue weighted by Gasteiger charge is 2.31. The van der Waals surface area contributed by atoms with Gasteiger partial charge in [0.25, 0.3) is 0 Å². The maximum atomic E-state index is 12.7. The van der Waals surface area contributed by atoms with Crippen LogP contribution in [-0.2, 0) is 0 Å². The smallest absolute Gasteiger partial charge is 0.496 e. The molecule has 142 valence electrons. The summed E-state index contributed by atoms with van der Waals surface area (Å²) in [6.45, 7) is 0. The van der Waals surface area contributed by atoms with Gasteiger partial charge < -0.3 is 19.6 Å². The third-order valence-electron chi connectivity index (χ3n) is 3.89. The maximum Gasteiger partial charge on any atom is 0.573 e. The van der Waals surface area contributed by atoms with Crippen LogP contribution in [0.3, 0.4) is 0 Å². The van der Waals surface area contributed by atoms with Gasteiger partial charge in [0.2, 0.25) is 0 Å². The summed E-state index contributed by atoms with van der Waals surface area (Å²) in [7, 11) is 1.35. The summed E-state index contributed by atoms with van der Waals surface area (Å²) in [4.78, 5) is 15.5. The van der Waals surface area contributed by atoms with Crippen molar-refractivity contribution in [3.8, 4) is 11.5 Å². The summed E-state index contributed by atoms with van der Waals surface area (Å²) in [6, 6.07) is 7.89. The number of ether oxygens (including phenoxy) is 2. The van der Waals surface area contributed by atoms with Crippen molar-refractivity contribution in [1.82, 2.24) is 4.98 Å². The molecule has 0 bridgehead atoms. The monoisotopic (exact) mass is 399 g/mol. The number of H-pyrrole nitrogens is 1. The molecule has 0 saturated heterocycles. The van der Waals surface area contributed by atoms with E-state index in [1.165, 1.54) is 37.6 Å². The Morgan fingerprint density at radius 1 is 1.22 bits per heavy atom. The van der Waals surface area contributed by atoms with E-state index < -0.39 is 24.0 Å². The van der Waals surface area contributed by atoms with Gasteiger partial charge in [0, 0.05) is 27.7 Å². The minimum absolute atomic E-state index is 0.0893. The summed E-state index contributed by atoms with van der Waals surface area (Å²) in [6.07, 6.45) is -5.13. The number of fused-ring (bicyclic) bond motifs is 1. The van der Waals surface area contributed by atoms with E-state index in [0.29, 0.717) is 10.5 Å². The number of aromatic amines is 1. The number of hydrogen-bond acceptors (Lipinski definition) is 4. The van der Waals surface area contributed by atoms with Crippen LogP contribution in [0.5, 0.6) is 11.5 Å². The normalized spacial score (nSPS) is 12.8. The van der Waals surface area contributed by atoms with Gasteiger partial charge in [-0.3, -0.25) is 4.79 Å². The molecular formula is C18H13ClF3NO4. The number of nitrogens with one attached hydrogen (secondary N) is 1. The number of alkyl halides is 3. The molecule has 5 nitrogen and oxygen atoms in total. The lowest BCUT2D eigenvalue weighted by atomic mass is 9.98. The molecule has 0 aliphatic carbocycles. The Hall–Kier alpha value is -2.71. The van der Waals surface area contributed by atoms with E-state index in [1.807, 2.05) is 0 Å². The van der Waals surface area contributed by atoms with Gasteiger partial charge in [-0.15, -0.1) is 13.2 Å². The zero-order chi connectivity index (χ0) is 19.8. The number of benzene rings is 2. The molecule has 0 aliphatic rings. The Morgan fingerprint density at radius 2 is 1.96 bits per heavy atom. The first-order valence-corrected chi connectivity index (χ1v) is 8.00. The fraction of sp³-hybridized carbons (Fsp3) is 0.167. The standard InChI is InChI=1S/C18H13ClF3NO4/c1-26-15-6-9(19)2-4-11(15)16(24)17(25)13-8-23-14-5-3-10(7-12(13)14)27-18(20,21)22/h2-8,17,23,25H,1H3. The van der Waals surface area contributed by atoms with E-state index in [4.69, 9.17) is 16.3 Å². The third-order valence-corrected chi connectivity index (χ3v) is 4.13. The van der Waals surface area contributed by atoms with E-state index in [9.17, 15) is 23.1 Å². The number of carbonyl (C=O) groups excluding carboxylic acids is 1. The van der Waals surface area contributed by atoms with Crippen LogP contribution in [0.2, 0.25) is 5.02 Å². The van der Waals surface area contributed by atoms with Gasteiger partial charge in [0.15, 0.2) is 5.78 Å². The van der Waals surface area contributed by atoms with Crippen molar-refractivity contribution in [2.24, 2.45) is 0 Å². The zero-order valence-corrected chi connectivity index (χ0v) is 14.6. The number of carbonyl (C=O) groups is 1. The number of aromatic nitrogens is 1. The first kappa shape index (κ1) is 19.1. The Morgan fingerprint density at radius 3 is 2.63 bits per heavy atom. The summed E-state index contributed by atoms with van der Waals surface area (Å²) >= 11 is 5.86. The van der Waals surface area contributed by atoms with Crippen molar-refractivity contribution < 1.29 is 32.5 Å².